The van der Waals surface area contributed by atoms with Gasteiger partial charge in [0.1, 0.15) is 0 Å². The molecule has 0 heterocycles. The molecule has 2 rings (SSSR count). The number of hydrogen-bond acceptors (Lipinski definition) is 2. The Labute approximate surface area is 126 Å². The standard InChI is InChI=1S/C18H22N2O/c1-2-6-17(18(19)21)20-13-14-9-11-16(12-10-14)15-7-4-3-5-8-15/h3-5,7-12,17,20H,2,6,13H2,1H3,(H2,19,21). The van der Waals surface area contributed by atoms with Crippen LogP contribution in [0.2, 0.25) is 0 Å². The molecule has 0 aliphatic rings. The summed E-state index contributed by atoms with van der Waals surface area (Å²) in [6.45, 7) is 2.70. The Kier molecular flexibility index (Phi) is 5.52. The Bertz CT molecular complexity index is 564. The van der Waals surface area contributed by atoms with Gasteiger partial charge in [0.05, 0.1) is 6.04 Å². The van der Waals surface area contributed by atoms with E-state index in [9.17, 15) is 4.79 Å². The lowest BCUT2D eigenvalue weighted by atomic mass is 10.0. The second kappa shape index (κ2) is 7.60. The molecule has 0 aliphatic carbocycles. The summed E-state index contributed by atoms with van der Waals surface area (Å²) >= 11 is 0. The number of primary amides is 1. The van der Waals surface area contributed by atoms with Gasteiger partial charge in [0.25, 0.3) is 0 Å². The summed E-state index contributed by atoms with van der Waals surface area (Å²) in [7, 11) is 0. The van der Waals surface area contributed by atoms with Crippen LogP contribution in [0.5, 0.6) is 0 Å². The van der Waals surface area contributed by atoms with Crippen molar-refractivity contribution in [3.63, 3.8) is 0 Å². The van der Waals surface area contributed by atoms with Crippen molar-refractivity contribution in [1.29, 1.82) is 0 Å². The first-order chi connectivity index (χ1) is 10.2. The summed E-state index contributed by atoms with van der Waals surface area (Å²) in [4.78, 5) is 11.3. The van der Waals surface area contributed by atoms with Crippen LogP contribution in [0.4, 0.5) is 0 Å². The molecule has 21 heavy (non-hydrogen) atoms. The third kappa shape index (κ3) is 4.43. The van der Waals surface area contributed by atoms with Gasteiger partial charge in [-0.15, -0.1) is 0 Å². The van der Waals surface area contributed by atoms with Gasteiger partial charge in [0, 0.05) is 6.54 Å². The summed E-state index contributed by atoms with van der Waals surface area (Å²) in [6, 6.07) is 18.4. The van der Waals surface area contributed by atoms with Crippen molar-refractivity contribution in [3.8, 4) is 11.1 Å². The zero-order chi connectivity index (χ0) is 15.1. The fourth-order valence-electron chi connectivity index (χ4n) is 2.32. The largest absolute Gasteiger partial charge is 0.368 e. The molecule has 0 saturated carbocycles. The number of rotatable bonds is 7. The van der Waals surface area contributed by atoms with Gasteiger partial charge in [0.2, 0.25) is 5.91 Å². The monoisotopic (exact) mass is 282 g/mol. The molecule has 1 amide bonds. The fourth-order valence-corrected chi connectivity index (χ4v) is 2.32. The summed E-state index contributed by atoms with van der Waals surface area (Å²) in [5, 5.41) is 3.22. The van der Waals surface area contributed by atoms with Gasteiger partial charge >= 0.3 is 0 Å². The van der Waals surface area contributed by atoms with Gasteiger partial charge in [0.15, 0.2) is 0 Å². The fraction of sp³-hybridized carbons (Fsp3) is 0.278. The average molecular weight is 282 g/mol. The van der Waals surface area contributed by atoms with Gasteiger partial charge in [-0.2, -0.15) is 0 Å². The molecule has 3 nitrogen and oxygen atoms in total. The first-order valence-electron chi connectivity index (χ1n) is 7.37. The lowest BCUT2D eigenvalue weighted by molar-refractivity contribution is -0.120. The van der Waals surface area contributed by atoms with E-state index in [4.69, 9.17) is 5.73 Å². The van der Waals surface area contributed by atoms with Crippen LogP contribution in [0.25, 0.3) is 11.1 Å². The zero-order valence-corrected chi connectivity index (χ0v) is 12.4. The third-order valence-electron chi connectivity index (χ3n) is 3.53. The molecule has 3 N–H and O–H groups in total. The molecule has 0 radical (unpaired) electrons. The summed E-state index contributed by atoms with van der Waals surface area (Å²) in [5.41, 5.74) is 8.94. The summed E-state index contributed by atoms with van der Waals surface area (Å²) in [5.74, 6) is -0.280. The highest BCUT2D eigenvalue weighted by Gasteiger charge is 2.12. The maximum atomic E-state index is 11.3. The van der Waals surface area contributed by atoms with E-state index in [2.05, 4.69) is 41.7 Å². The first kappa shape index (κ1) is 15.3. The average Bonchev–Trinajstić information content (AvgIpc) is 2.52. The Balaban J connectivity index is 1.98. The number of nitrogens with one attached hydrogen (secondary N) is 1. The van der Waals surface area contributed by atoms with Crippen molar-refractivity contribution < 1.29 is 4.79 Å². The maximum absolute atomic E-state index is 11.3. The highest BCUT2D eigenvalue weighted by Crippen LogP contribution is 2.19. The van der Waals surface area contributed by atoms with Crippen LogP contribution in [0, 0.1) is 0 Å². The highest BCUT2D eigenvalue weighted by molar-refractivity contribution is 5.79. The van der Waals surface area contributed by atoms with Crippen LogP contribution < -0.4 is 11.1 Å². The number of carbonyl (C=O) groups is 1. The van der Waals surface area contributed by atoms with Crippen molar-refractivity contribution in [2.45, 2.75) is 32.4 Å². The molecule has 0 aromatic heterocycles. The molecule has 2 aromatic carbocycles. The molecule has 0 saturated heterocycles. The highest BCUT2D eigenvalue weighted by atomic mass is 16.1. The minimum atomic E-state index is -0.280. The molecular formula is C18H22N2O. The molecule has 0 aliphatic heterocycles. The SMILES string of the molecule is CCCC(NCc1ccc(-c2ccccc2)cc1)C(N)=O. The predicted octanol–water partition coefficient (Wildman–Crippen LogP) is 3.10. The normalized spacial score (nSPS) is 12.0. The van der Waals surface area contributed by atoms with E-state index >= 15 is 0 Å². The Hall–Kier alpha value is -2.13. The van der Waals surface area contributed by atoms with Crippen LogP contribution in [-0.2, 0) is 11.3 Å². The van der Waals surface area contributed by atoms with Crippen LogP contribution in [0.1, 0.15) is 25.3 Å². The third-order valence-corrected chi connectivity index (χ3v) is 3.53. The van der Waals surface area contributed by atoms with E-state index in [1.165, 1.54) is 11.1 Å². The van der Waals surface area contributed by atoms with Crippen molar-refractivity contribution in [2.75, 3.05) is 0 Å². The Morgan fingerprint density at radius 2 is 1.67 bits per heavy atom. The molecule has 1 unspecified atom stereocenters. The van der Waals surface area contributed by atoms with E-state index in [0.717, 1.165) is 18.4 Å². The lowest BCUT2D eigenvalue weighted by Crippen LogP contribution is -2.40. The quantitative estimate of drug-likeness (QED) is 0.820. The molecule has 110 valence electrons. The summed E-state index contributed by atoms with van der Waals surface area (Å²) < 4.78 is 0. The van der Waals surface area contributed by atoms with Gasteiger partial charge in [-0.1, -0.05) is 67.9 Å². The number of carbonyl (C=O) groups excluding carboxylic acids is 1. The van der Waals surface area contributed by atoms with E-state index in [-0.39, 0.29) is 11.9 Å². The minimum absolute atomic E-state index is 0.246. The van der Waals surface area contributed by atoms with Crippen LogP contribution in [0.15, 0.2) is 54.6 Å². The van der Waals surface area contributed by atoms with E-state index < -0.39 is 0 Å². The van der Waals surface area contributed by atoms with Gasteiger partial charge in [-0.05, 0) is 23.1 Å². The van der Waals surface area contributed by atoms with E-state index in [0.29, 0.717) is 6.54 Å². The molecule has 3 heteroatoms. The predicted molar refractivity (Wildman–Crippen MR) is 86.6 cm³/mol. The maximum Gasteiger partial charge on any atom is 0.234 e. The van der Waals surface area contributed by atoms with Gasteiger partial charge in [-0.3, -0.25) is 4.79 Å². The molecular weight excluding hydrogens is 260 g/mol. The second-order valence-corrected chi connectivity index (χ2v) is 5.19. The molecule has 0 spiro atoms. The Morgan fingerprint density at radius 1 is 1.05 bits per heavy atom. The minimum Gasteiger partial charge on any atom is -0.368 e. The number of hydrogen-bond donors (Lipinski definition) is 2. The number of amides is 1. The summed E-state index contributed by atoms with van der Waals surface area (Å²) in [6.07, 6.45) is 1.71. The van der Waals surface area contributed by atoms with Crippen LogP contribution >= 0.6 is 0 Å². The van der Waals surface area contributed by atoms with Crippen molar-refractivity contribution >= 4 is 5.91 Å². The zero-order valence-electron chi connectivity index (χ0n) is 12.4. The number of nitrogens with two attached hydrogens (primary N) is 1. The molecule has 1 atom stereocenters. The van der Waals surface area contributed by atoms with Crippen LogP contribution in [0.3, 0.4) is 0 Å². The van der Waals surface area contributed by atoms with Crippen LogP contribution in [-0.4, -0.2) is 11.9 Å². The van der Waals surface area contributed by atoms with Gasteiger partial charge in [-0.25, -0.2) is 0 Å². The van der Waals surface area contributed by atoms with Gasteiger partial charge < -0.3 is 11.1 Å². The second-order valence-electron chi connectivity index (χ2n) is 5.19. The van der Waals surface area contributed by atoms with Crippen molar-refractivity contribution in [3.05, 3.63) is 60.2 Å². The lowest BCUT2D eigenvalue weighted by Gasteiger charge is -2.14. The molecule has 0 fully saturated rings. The van der Waals surface area contributed by atoms with E-state index in [1.807, 2.05) is 25.1 Å². The number of benzene rings is 2. The first-order valence-corrected chi connectivity index (χ1v) is 7.37. The van der Waals surface area contributed by atoms with Crippen molar-refractivity contribution in [2.24, 2.45) is 5.73 Å². The smallest absolute Gasteiger partial charge is 0.234 e. The van der Waals surface area contributed by atoms with E-state index in [1.54, 1.807) is 0 Å². The Morgan fingerprint density at radius 3 is 2.24 bits per heavy atom. The van der Waals surface area contributed by atoms with Crippen molar-refractivity contribution in [1.82, 2.24) is 5.32 Å². The topological polar surface area (TPSA) is 55.1 Å². The molecule has 0 bridgehead atoms. The molecule has 2 aromatic rings.